The zero-order valence-electron chi connectivity index (χ0n) is 7.83. The second-order valence-corrected chi connectivity index (χ2v) is 3.99. The van der Waals surface area contributed by atoms with E-state index in [2.05, 4.69) is 4.98 Å². The Morgan fingerprint density at radius 2 is 2.07 bits per heavy atom. The van der Waals surface area contributed by atoms with Crippen molar-refractivity contribution in [3.05, 3.63) is 16.8 Å². The first kappa shape index (κ1) is 9.71. The molecule has 1 aliphatic rings. The molecule has 0 amide bonds. The molecule has 0 aliphatic heterocycles. The minimum absolute atomic E-state index is 0.0765. The van der Waals surface area contributed by atoms with Gasteiger partial charge >= 0.3 is 0 Å². The van der Waals surface area contributed by atoms with Gasteiger partial charge in [-0.15, -0.1) is 0 Å². The van der Waals surface area contributed by atoms with E-state index in [9.17, 15) is 4.79 Å². The lowest BCUT2D eigenvalue weighted by Crippen LogP contribution is -2.05. The number of hydrogen-bond acceptors (Lipinski definition) is 3. The van der Waals surface area contributed by atoms with E-state index in [4.69, 9.17) is 16.0 Å². The first-order chi connectivity index (χ1) is 6.81. The van der Waals surface area contributed by atoms with E-state index >= 15 is 0 Å². The molecule has 0 atom stereocenters. The summed E-state index contributed by atoms with van der Waals surface area (Å²) < 4.78 is 5.27. The Hall–Kier alpha value is -0.830. The maximum atomic E-state index is 10.7. The van der Waals surface area contributed by atoms with Crippen LogP contribution in [-0.4, -0.2) is 11.3 Å². The van der Waals surface area contributed by atoms with E-state index in [0.717, 1.165) is 19.1 Å². The zero-order chi connectivity index (χ0) is 9.97. The van der Waals surface area contributed by atoms with E-state index in [-0.39, 0.29) is 5.35 Å². The van der Waals surface area contributed by atoms with Crippen molar-refractivity contribution in [2.75, 3.05) is 0 Å². The average Bonchev–Trinajstić information content (AvgIpc) is 2.61. The molecule has 4 heteroatoms. The molecule has 0 aromatic carbocycles. The molecule has 0 N–H and O–H groups in total. The number of oxazole rings is 1. The van der Waals surface area contributed by atoms with Crippen molar-refractivity contribution in [3.63, 3.8) is 0 Å². The SMILES string of the molecule is O=Cc1nc(Cl)oc1C1CCCCC1. The second kappa shape index (κ2) is 4.13. The van der Waals surface area contributed by atoms with Crippen molar-refractivity contribution in [3.8, 4) is 0 Å². The Morgan fingerprint density at radius 1 is 1.36 bits per heavy atom. The number of aldehydes is 1. The lowest BCUT2D eigenvalue weighted by atomic mass is 9.87. The van der Waals surface area contributed by atoms with Gasteiger partial charge in [-0.25, -0.2) is 0 Å². The fourth-order valence-corrected chi connectivity index (χ4v) is 2.23. The van der Waals surface area contributed by atoms with Gasteiger partial charge in [0.2, 0.25) is 0 Å². The largest absolute Gasteiger partial charge is 0.432 e. The Bertz CT molecular complexity index is 329. The summed E-state index contributed by atoms with van der Waals surface area (Å²) in [5.41, 5.74) is 0.377. The fourth-order valence-electron chi connectivity index (χ4n) is 2.06. The maximum Gasteiger partial charge on any atom is 0.292 e. The third kappa shape index (κ3) is 1.82. The first-order valence-electron chi connectivity index (χ1n) is 4.92. The molecule has 0 unspecified atom stereocenters. The molecule has 1 saturated carbocycles. The molecule has 3 nitrogen and oxygen atoms in total. The second-order valence-electron chi connectivity index (χ2n) is 3.67. The summed E-state index contributed by atoms with van der Waals surface area (Å²) in [4.78, 5) is 14.5. The molecule has 0 saturated heterocycles. The van der Waals surface area contributed by atoms with Gasteiger partial charge < -0.3 is 4.42 Å². The number of hydrogen-bond donors (Lipinski definition) is 0. The van der Waals surface area contributed by atoms with Crippen LogP contribution in [0.5, 0.6) is 0 Å². The van der Waals surface area contributed by atoms with Crippen LogP contribution in [0.15, 0.2) is 4.42 Å². The van der Waals surface area contributed by atoms with E-state index < -0.39 is 0 Å². The van der Waals surface area contributed by atoms with Gasteiger partial charge in [-0.1, -0.05) is 19.3 Å². The molecule has 1 aromatic heterocycles. The summed E-state index contributed by atoms with van der Waals surface area (Å²) in [5.74, 6) is 1.02. The summed E-state index contributed by atoms with van der Waals surface area (Å²) in [6, 6.07) is 0. The van der Waals surface area contributed by atoms with Gasteiger partial charge in [-0.05, 0) is 24.4 Å². The van der Waals surface area contributed by atoms with E-state index in [1.54, 1.807) is 0 Å². The van der Waals surface area contributed by atoms with Crippen LogP contribution >= 0.6 is 11.6 Å². The quantitative estimate of drug-likeness (QED) is 0.709. The van der Waals surface area contributed by atoms with Gasteiger partial charge in [0.25, 0.3) is 5.35 Å². The van der Waals surface area contributed by atoms with Crippen LogP contribution in [-0.2, 0) is 0 Å². The van der Waals surface area contributed by atoms with Crippen molar-refractivity contribution in [1.29, 1.82) is 0 Å². The summed E-state index contributed by atoms with van der Waals surface area (Å²) in [5, 5.41) is 0.0765. The molecule has 1 aliphatic carbocycles. The Labute approximate surface area is 87.5 Å². The third-order valence-electron chi connectivity index (χ3n) is 2.74. The molecule has 14 heavy (non-hydrogen) atoms. The van der Waals surface area contributed by atoms with Gasteiger partial charge in [0.05, 0.1) is 0 Å². The monoisotopic (exact) mass is 213 g/mol. The molecule has 76 valence electrons. The highest BCUT2D eigenvalue weighted by molar-refractivity contribution is 6.27. The van der Waals surface area contributed by atoms with Gasteiger partial charge in [0.1, 0.15) is 11.5 Å². The molecular weight excluding hydrogens is 202 g/mol. The van der Waals surface area contributed by atoms with E-state index in [1.165, 1.54) is 19.3 Å². The lowest BCUT2D eigenvalue weighted by molar-refractivity contribution is 0.111. The number of rotatable bonds is 2. The van der Waals surface area contributed by atoms with Crippen LogP contribution in [0.25, 0.3) is 0 Å². The normalized spacial score (nSPS) is 18.4. The van der Waals surface area contributed by atoms with Crippen molar-refractivity contribution >= 4 is 17.9 Å². The Morgan fingerprint density at radius 3 is 2.71 bits per heavy atom. The first-order valence-corrected chi connectivity index (χ1v) is 5.30. The highest BCUT2D eigenvalue weighted by Gasteiger charge is 2.23. The van der Waals surface area contributed by atoms with Crippen molar-refractivity contribution < 1.29 is 9.21 Å². The van der Waals surface area contributed by atoms with Crippen LogP contribution in [0.2, 0.25) is 5.35 Å². The third-order valence-corrected chi connectivity index (χ3v) is 2.90. The number of nitrogens with zero attached hydrogens (tertiary/aromatic N) is 1. The molecule has 2 rings (SSSR count). The molecule has 0 spiro atoms. The minimum atomic E-state index is 0.0765. The molecule has 0 radical (unpaired) electrons. The van der Waals surface area contributed by atoms with Crippen LogP contribution in [0, 0.1) is 0 Å². The molecular formula is C10H12ClNO2. The van der Waals surface area contributed by atoms with Crippen LogP contribution in [0.1, 0.15) is 54.3 Å². The zero-order valence-corrected chi connectivity index (χ0v) is 8.59. The topological polar surface area (TPSA) is 43.1 Å². The molecule has 1 aromatic rings. The van der Waals surface area contributed by atoms with Gasteiger partial charge in [-0.3, -0.25) is 4.79 Å². The van der Waals surface area contributed by atoms with Gasteiger partial charge in [0.15, 0.2) is 6.29 Å². The Kier molecular flexibility index (Phi) is 2.87. The maximum absolute atomic E-state index is 10.7. The number of aromatic nitrogens is 1. The number of carbonyl (C=O) groups excluding carboxylic acids is 1. The van der Waals surface area contributed by atoms with Gasteiger partial charge in [-0.2, -0.15) is 4.98 Å². The summed E-state index contributed by atoms with van der Waals surface area (Å²) in [6.45, 7) is 0. The summed E-state index contributed by atoms with van der Waals surface area (Å²) >= 11 is 5.63. The van der Waals surface area contributed by atoms with Gasteiger partial charge in [0, 0.05) is 5.92 Å². The predicted molar refractivity (Wildman–Crippen MR) is 52.7 cm³/mol. The smallest absolute Gasteiger partial charge is 0.292 e. The predicted octanol–water partition coefficient (Wildman–Crippen LogP) is 3.19. The number of carbonyl (C=O) groups is 1. The summed E-state index contributed by atoms with van der Waals surface area (Å²) in [6.07, 6.45) is 6.54. The van der Waals surface area contributed by atoms with Crippen molar-refractivity contribution in [2.24, 2.45) is 0 Å². The number of halogens is 1. The average molecular weight is 214 g/mol. The van der Waals surface area contributed by atoms with E-state index in [1.807, 2.05) is 0 Å². The highest BCUT2D eigenvalue weighted by Crippen LogP contribution is 2.35. The van der Waals surface area contributed by atoms with Crippen LogP contribution < -0.4 is 0 Å². The highest BCUT2D eigenvalue weighted by atomic mass is 35.5. The molecule has 1 heterocycles. The lowest BCUT2D eigenvalue weighted by Gasteiger charge is -2.19. The standard InChI is InChI=1S/C10H12ClNO2/c11-10-12-8(6-13)9(14-10)7-4-2-1-3-5-7/h6-7H,1-5H2. The molecule has 0 bridgehead atoms. The van der Waals surface area contributed by atoms with Crippen LogP contribution in [0.3, 0.4) is 0 Å². The van der Waals surface area contributed by atoms with Crippen molar-refractivity contribution in [2.45, 2.75) is 38.0 Å². The molecule has 1 fully saturated rings. The van der Waals surface area contributed by atoms with Crippen molar-refractivity contribution in [1.82, 2.24) is 4.98 Å². The summed E-state index contributed by atoms with van der Waals surface area (Å²) in [7, 11) is 0. The fraction of sp³-hybridized carbons (Fsp3) is 0.600. The minimum Gasteiger partial charge on any atom is -0.432 e. The van der Waals surface area contributed by atoms with E-state index in [0.29, 0.717) is 17.4 Å². The van der Waals surface area contributed by atoms with Crippen LogP contribution in [0.4, 0.5) is 0 Å². The Balaban J connectivity index is 2.24.